The molecule has 2 bridgehead atoms. The minimum absolute atomic E-state index is 0.735. The van der Waals surface area contributed by atoms with Crippen LogP contribution in [0.15, 0.2) is 23.1 Å². The Bertz CT molecular complexity index is 485. The van der Waals surface area contributed by atoms with Crippen molar-refractivity contribution < 1.29 is 0 Å². The highest BCUT2D eigenvalue weighted by atomic mass is 35.5. The molecule has 21 heavy (non-hydrogen) atoms. The molecular weight excluding hydrogens is 323 g/mol. The monoisotopic (exact) mass is 344 g/mol. The summed E-state index contributed by atoms with van der Waals surface area (Å²) in [4.78, 5) is 3.61. The van der Waals surface area contributed by atoms with Crippen LogP contribution < -0.4 is 5.32 Å². The molecule has 5 heteroatoms. The molecule has 0 saturated carbocycles. The fraction of sp³-hybridized carbons (Fsp3) is 0.625. The van der Waals surface area contributed by atoms with E-state index >= 15 is 0 Å². The number of hydrogen-bond acceptors (Lipinski definition) is 3. The second kappa shape index (κ2) is 7.10. The minimum atomic E-state index is 0.735. The fourth-order valence-electron chi connectivity index (χ4n) is 3.46. The molecule has 0 amide bonds. The van der Waals surface area contributed by atoms with Gasteiger partial charge in [0.1, 0.15) is 0 Å². The van der Waals surface area contributed by atoms with E-state index in [4.69, 9.17) is 23.2 Å². The lowest BCUT2D eigenvalue weighted by atomic mass is 9.99. The fourth-order valence-corrected chi connectivity index (χ4v) is 4.99. The standard InChI is InChI=1S/C16H22Cl2N2S/c1-20(14-9-12-3-4-13(10-14)19-12)6-7-21-16-8-11(17)2-5-15(16)18/h2,5,8,12-14,19H,3-4,6-7,9-10H2,1H3. The molecular formula is C16H22Cl2N2S. The molecule has 0 spiro atoms. The van der Waals surface area contributed by atoms with Crippen LogP contribution in [0, 0.1) is 0 Å². The Balaban J connectivity index is 1.47. The summed E-state index contributed by atoms with van der Waals surface area (Å²) in [6.07, 6.45) is 5.33. The Morgan fingerprint density at radius 3 is 2.67 bits per heavy atom. The number of nitrogens with zero attached hydrogens (tertiary/aromatic N) is 1. The lowest BCUT2D eigenvalue weighted by Gasteiger charge is -2.35. The molecule has 2 aliphatic rings. The first-order valence-corrected chi connectivity index (χ1v) is 9.40. The summed E-state index contributed by atoms with van der Waals surface area (Å²) in [6, 6.07) is 7.92. The lowest BCUT2D eigenvalue weighted by molar-refractivity contribution is 0.181. The van der Waals surface area contributed by atoms with Gasteiger partial charge in [-0.1, -0.05) is 23.2 Å². The van der Waals surface area contributed by atoms with Crippen LogP contribution in [-0.2, 0) is 0 Å². The predicted molar refractivity (Wildman–Crippen MR) is 92.8 cm³/mol. The number of thioether (sulfide) groups is 1. The molecule has 0 aromatic heterocycles. The van der Waals surface area contributed by atoms with Crippen molar-refractivity contribution in [2.24, 2.45) is 0 Å². The maximum Gasteiger partial charge on any atom is 0.0542 e. The number of nitrogens with one attached hydrogen (secondary N) is 1. The predicted octanol–water partition coefficient (Wildman–Crippen LogP) is 4.30. The molecule has 2 unspecified atom stereocenters. The van der Waals surface area contributed by atoms with Crippen LogP contribution in [0.4, 0.5) is 0 Å². The van der Waals surface area contributed by atoms with Crippen LogP contribution in [-0.4, -0.2) is 42.4 Å². The van der Waals surface area contributed by atoms with E-state index in [2.05, 4.69) is 17.3 Å². The molecule has 1 aromatic rings. The van der Waals surface area contributed by atoms with Crippen molar-refractivity contribution >= 4 is 35.0 Å². The zero-order chi connectivity index (χ0) is 14.8. The number of benzene rings is 1. The smallest absolute Gasteiger partial charge is 0.0542 e. The molecule has 2 aliphatic heterocycles. The number of piperidine rings is 1. The summed E-state index contributed by atoms with van der Waals surface area (Å²) in [5, 5.41) is 5.26. The highest BCUT2D eigenvalue weighted by Gasteiger charge is 2.34. The summed E-state index contributed by atoms with van der Waals surface area (Å²) in [5.41, 5.74) is 0. The summed E-state index contributed by atoms with van der Waals surface area (Å²) in [5.74, 6) is 1.05. The van der Waals surface area contributed by atoms with Crippen molar-refractivity contribution in [2.45, 2.75) is 48.7 Å². The molecule has 116 valence electrons. The Labute approximate surface area is 141 Å². The molecule has 0 aliphatic carbocycles. The molecule has 2 heterocycles. The summed E-state index contributed by atoms with van der Waals surface area (Å²) in [6.45, 7) is 1.09. The van der Waals surface area contributed by atoms with Crippen LogP contribution in [0.1, 0.15) is 25.7 Å². The van der Waals surface area contributed by atoms with Crippen molar-refractivity contribution in [3.8, 4) is 0 Å². The zero-order valence-corrected chi connectivity index (χ0v) is 14.6. The molecule has 2 saturated heterocycles. The van der Waals surface area contributed by atoms with Gasteiger partial charge in [0.05, 0.1) is 5.02 Å². The quantitative estimate of drug-likeness (QED) is 0.801. The van der Waals surface area contributed by atoms with Gasteiger partial charge in [0.25, 0.3) is 0 Å². The Kier molecular flexibility index (Phi) is 5.39. The second-order valence-corrected chi connectivity index (χ2v) is 8.15. The van der Waals surface area contributed by atoms with Gasteiger partial charge in [0.2, 0.25) is 0 Å². The van der Waals surface area contributed by atoms with Gasteiger partial charge >= 0.3 is 0 Å². The summed E-state index contributed by atoms with van der Waals surface area (Å²) >= 11 is 14.0. The largest absolute Gasteiger partial charge is 0.311 e. The number of halogens is 2. The summed E-state index contributed by atoms with van der Waals surface area (Å²) < 4.78 is 0. The number of hydrogen-bond donors (Lipinski definition) is 1. The van der Waals surface area contributed by atoms with Crippen LogP contribution in [0.2, 0.25) is 10.0 Å². The van der Waals surface area contributed by atoms with Crippen LogP contribution in [0.3, 0.4) is 0 Å². The van der Waals surface area contributed by atoms with Crippen molar-refractivity contribution in [2.75, 3.05) is 19.3 Å². The highest BCUT2D eigenvalue weighted by molar-refractivity contribution is 7.99. The third-order valence-electron chi connectivity index (χ3n) is 4.67. The van der Waals surface area contributed by atoms with Gasteiger partial charge in [-0.3, -0.25) is 0 Å². The normalized spacial score (nSPS) is 28.3. The SMILES string of the molecule is CN(CCSc1cc(Cl)ccc1Cl)C1CC2CCC(C1)N2. The van der Waals surface area contributed by atoms with E-state index in [0.29, 0.717) is 0 Å². The first-order chi connectivity index (χ1) is 10.1. The van der Waals surface area contributed by atoms with Crippen molar-refractivity contribution in [3.63, 3.8) is 0 Å². The van der Waals surface area contributed by atoms with Gasteiger partial charge < -0.3 is 10.2 Å². The highest BCUT2D eigenvalue weighted by Crippen LogP contribution is 2.31. The van der Waals surface area contributed by atoms with E-state index in [-0.39, 0.29) is 0 Å². The molecule has 1 aromatic carbocycles. The average molecular weight is 345 g/mol. The first-order valence-electron chi connectivity index (χ1n) is 7.66. The van der Waals surface area contributed by atoms with E-state index in [9.17, 15) is 0 Å². The molecule has 0 radical (unpaired) electrons. The first kappa shape index (κ1) is 15.9. The molecule has 3 rings (SSSR count). The number of fused-ring (bicyclic) bond motifs is 2. The average Bonchev–Trinajstić information content (AvgIpc) is 2.81. The van der Waals surface area contributed by atoms with Gasteiger partial charge in [-0.05, 0) is 50.9 Å². The second-order valence-electron chi connectivity index (χ2n) is 6.17. The summed E-state index contributed by atoms with van der Waals surface area (Å²) in [7, 11) is 2.26. The van der Waals surface area contributed by atoms with Crippen LogP contribution >= 0.6 is 35.0 Å². The van der Waals surface area contributed by atoms with Crippen LogP contribution in [0.5, 0.6) is 0 Å². The van der Waals surface area contributed by atoms with Crippen molar-refractivity contribution in [1.82, 2.24) is 10.2 Å². The Morgan fingerprint density at radius 1 is 1.24 bits per heavy atom. The molecule has 2 atom stereocenters. The van der Waals surface area contributed by atoms with E-state index in [0.717, 1.165) is 45.4 Å². The van der Waals surface area contributed by atoms with E-state index < -0.39 is 0 Å². The van der Waals surface area contributed by atoms with E-state index in [1.54, 1.807) is 11.8 Å². The van der Waals surface area contributed by atoms with Gasteiger partial charge in [-0.2, -0.15) is 0 Å². The van der Waals surface area contributed by atoms with Gasteiger partial charge in [0, 0.05) is 40.3 Å². The zero-order valence-electron chi connectivity index (χ0n) is 12.3. The minimum Gasteiger partial charge on any atom is -0.311 e. The lowest BCUT2D eigenvalue weighted by Crippen LogP contribution is -2.47. The van der Waals surface area contributed by atoms with E-state index in [1.165, 1.54) is 25.7 Å². The van der Waals surface area contributed by atoms with E-state index in [1.807, 2.05) is 18.2 Å². The van der Waals surface area contributed by atoms with Gasteiger partial charge in [-0.25, -0.2) is 0 Å². The van der Waals surface area contributed by atoms with Crippen LogP contribution in [0.25, 0.3) is 0 Å². The topological polar surface area (TPSA) is 15.3 Å². The Morgan fingerprint density at radius 2 is 1.95 bits per heavy atom. The van der Waals surface area contributed by atoms with Crippen molar-refractivity contribution in [1.29, 1.82) is 0 Å². The third kappa shape index (κ3) is 4.08. The molecule has 2 fully saturated rings. The molecule has 2 nitrogen and oxygen atoms in total. The van der Waals surface area contributed by atoms with Gasteiger partial charge in [-0.15, -0.1) is 11.8 Å². The maximum atomic E-state index is 6.21. The maximum absolute atomic E-state index is 6.21. The third-order valence-corrected chi connectivity index (χ3v) is 6.38. The van der Waals surface area contributed by atoms with Gasteiger partial charge in [0.15, 0.2) is 0 Å². The number of rotatable bonds is 5. The Hall–Kier alpha value is 0.0700. The molecule has 1 N–H and O–H groups in total. The van der Waals surface area contributed by atoms with Crippen molar-refractivity contribution in [3.05, 3.63) is 28.2 Å².